The highest BCUT2D eigenvalue weighted by atomic mass is 16.5. The molecule has 4 aromatic carbocycles. The molecule has 0 atom stereocenters. The molecular formula is C28H20N2O4. The second-order valence-electron chi connectivity index (χ2n) is 7.26. The number of hydrogen-bond donors (Lipinski definition) is 0. The Balaban J connectivity index is 1.53. The molecule has 0 fully saturated rings. The molecule has 166 valence electrons. The van der Waals surface area contributed by atoms with Gasteiger partial charge in [0.2, 0.25) is 0 Å². The third-order valence-electron chi connectivity index (χ3n) is 4.99. The molecule has 0 amide bonds. The molecule has 0 aliphatic rings. The Kier molecular flexibility index (Phi) is 6.63. The zero-order valence-electron chi connectivity index (χ0n) is 18.6. The maximum atomic E-state index is 9.76. The average Bonchev–Trinajstić information content (AvgIpc) is 2.86. The van der Waals surface area contributed by atoms with Crippen LogP contribution in [-0.4, -0.2) is 7.11 Å². The topological polar surface area (TPSA) is 84.5 Å². The normalized spacial score (nSPS) is 10.0. The van der Waals surface area contributed by atoms with Gasteiger partial charge in [0.05, 0.1) is 12.7 Å². The fraction of sp³-hybridized carbons (Fsp3) is 0.0714. The van der Waals surface area contributed by atoms with Crippen molar-refractivity contribution in [2.75, 3.05) is 7.11 Å². The summed E-state index contributed by atoms with van der Waals surface area (Å²) < 4.78 is 23.0. The van der Waals surface area contributed by atoms with Crippen molar-refractivity contribution in [1.29, 1.82) is 10.5 Å². The maximum absolute atomic E-state index is 9.76. The molecular weight excluding hydrogens is 428 g/mol. The van der Waals surface area contributed by atoms with Crippen molar-refractivity contribution in [3.63, 3.8) is 0 Å². The lowest BCUT2D eigenvalue weighted by atomic mass is 10.1. The number of hydrogen-bond acceptors (Lipinski definition) is 6. The second-order valence-corrected chi connectivity index (χ2v) is 7.26. The van der Waals surface area contributed by atoms with E-state index in [-0.39, 0.29) is 5.56 Å². The molecule has 0 bridgehead atoms. The summed E-state index contributed by atoms with van der Waals surface area (Å²) in [7, 11) is 1.58. The Morgan fingerprint density at radius 1 is 0.559 bits per heavy atom. The molecule has 0 saturated heterocycles. The van der Waals surface area contributed by atoms with Crippen LogP contribution in [-0.2, 0) is 0 Å². The van der Waals surface area contributed by atoms with Gasteiger partial charge >= 0.3 is 0 Å². The summed E-state index contributed by atoms with van der Waals surface area (Å²) >= 11 is 0. The van der Waals surface area contributed by atoms with Crippen molar-refractivity contribution in [2.45, 2.75) is 6.92 Å². The van der Waals surface area contributed by atoms with Gasteiger partial charge in [0.1, 0.15) is 57.9 Å². The highest BCUT2D eigenvalue weighted by molar-refractivity contribution is 5.56. The van der Waals surface area contributed by atoms with Gasteiger partial charge in [0.25, 0.3) is 0 Å². The van der Waals surface area contributed by atoms with E-state index >= 15 is 0 Å². The van der Waals surface area contributed by atoms with Crippen LogP contribution in [0.5, 0.6) is 40.2 Å². The molecule has 0 saturated carbocycles. The van der Waals surface area contributed by atoms with Crippen molar-refractivity contribution < 1.29 is 18.9 Å². The van der Waals surface area contributed by atoms with E-state index in [9.17, 15) is 10.5 Å². The van der Waals surface area contributed by atoms with Crippen molar-refractivity contribution in [3.05, 3.63) is 102 Å². The van der Waals surface area contributed by atoms with Crippen molar-refractivity contribution in [1.82, 2.24) is 0 Å². The first kappa shape index (κ1) is 22.3. The van der Waals surface area contributed by atoms with E-state index in [0.717, 1.165) is 5.56 Å². The quantitative estimate of drug-likeness (QED) is 0.299. The van der Waals surface area contributed by atoms with E-state index in [1.54, 1.807) is 73.8 Å². The van der Waals surface area contributed by atoms with E-state index in [4.69, 9.17) is 18.9 Å². The zero-order valence-corrected chi connectivity index (χ0v) is 18.6. The fourth-order valence-corrected chi connectivity index (χ4v) is 3.28. The summed E-state index contributed by atoms with van der Waals surface area (Å²) in [6, 6.07) is 29.0. The van der Waals surface area contributed by atoms with Gasteiger partial charge in [-0.3, -0.25) is 0 Å². The molecule has 0 aromatic heterocycles. The first-order valence-electron chi connectivity index (χ1n) is 10.4. The molecule has 6 heteroatoms. The lowest BCUT2D eigenvalue weighted by Gasteiger charge is -2.13. The van der Waals surface area contributed by atoms with Crippen LogP contribution in [0.15, 0.2) is 84.9 Å². The van der Waals surface area contributed by atoms with Crippen LogP contribution in [0, 0.1) is 29.6 Å². The van der Waals surface area contributed by atoms with E-state index in [0.29, 0.717) is 45.8 Å². The van der Waals surface area contributed by atoms with Gasteiger partial charge < -0.3 is 18.9 Å². The summed E-state index contributed by atoms with van der Waals surface area (Å²) in [6.45, 7) is 1.86. The zero-order chi connectivity index (χ0) is 23.9. The summed E-state index contributed by atoms with van der Waals surface area (Å²) in [5.74, 6) is 3.50. The predicted octanol–water partition coefficient (Wildman–Crippen LogP) is 7.12. The molecule has 34 heavy (non-hydrogen) atoms. The summed E-state index contributed by atoms with van der Waals surface area (Å²) in [6.07, 6.45) is 0. The number of nitriles is 2. The smallest absolute Gasteiger partial charge is 0.149 e. The molecule has 0 heterocycles. The number of benzene rings is 4. The van der Waals surface area contributed by atoms with Gasteiger partial charge in [-0.05, 0) is 67.1 Å². The third kappa shape index (κ3) is 4.93. The average molecular weight is 448 g/mol. The lowest BCUT2D eigenvalue weighted by molar-refractivity contribution is 0.408. The largest absolute Gasteiger partial charge is 0.497 e. The van der Waals surface area contributed by atoms with Crippen LogP contribution in [0.1, 0.15) is 16.7 Å². The number of ether oxygens (including phenoxy) is 4. The summed E-state index contributed by atoms with van der Waals surface area (Å²) in [5, 5.41) is 19.1. The molecule has 4 aromatic rings. The number of aryl methyl sites for hydroxylation is 1. The first-order valence-corrected chi connectivity index (χ1v) is 10.4. The van der Waals surface area contributed by atoms with E-state index in [1.807, 2.05) is 25.1 Å². The SMILES string of the molecule is COc1cccc(Oc2cccc(Oc3ccc(Oc4cccc(C)c4C#N)cc3)c2C#N)c1. The Labute approximate surface area is 197 Å². The minimum Gasteiger partial charge on any atom is -0.497 e. The van der Waals surface area contributed by atoms with Crippen molar-refractivity contribution in [3.8, 4) is 52.4 Å². The van der Waals surface area contributed by atoms with Crippen molar-refractivity contribution in [2.24, 2.45) is 0 Å². The molecule has 0 N–H and O–H groups in total. The van der Waals surface area contributed by atoms with E-state index in [1.165, 1.54) is 0 Å². The van der Waals surface area contributed by atoms with Gasteiger partial charge in [-0.25, -0.2) is 0 Å². The maximum Gasteiger partial charge on any atom is 0.149 e. The summed E-state index contributed by atoms with van der Waals surface area (Å²) in [4.78, 5) is 0. The van der Waals surface area contributed by atoms with E-state index in [2.05, 4.69) is 12.1 Å². The van der Waals surface area contributed by atoms with Crippen LogP contribution in [0.4, 0.5) is 0 Å². The van der Waals surface area contributed by atoms with Crippen LogP contribution in [0.25, 0.3) is 0 Å². The van der Waals surface area contributed by atoms with Gasteiger partial charge in [-0.2, -0.15) is 10.5 Å². The van der Waals surface area contributed by atoms with Crippen molar-refractivity contribution >= 4 is 0 Å². The molecule has 4 rings (SSSR count). The molecule has 0 spiro atoms. The molecule has 0 aliphatic carbocycles. The van der Waals surface area contributed by atoms with Gasteiger partial charge in [0.15, 0.2) is 0 Å². The number of nitrogens with zero attached hydrogens (tertiary/aromatic N) is 2. The molecule has 0 aliphatic heterocycles. The lowest BCUT2D eigenvalue weighted by Crippen LogP contribution is -1.94. The highest BCUT2D eigenvalue weighted by Crippen LogP contribution is 2.35. The number of rotatable bonds is 7. The highest BCUT2D eigenvalue weighted by Gasteiger charge is 2.13. The van der Waals surface area contributed by atoms with Crippen LogP contribution < -0.4 is 18.9 Å². The Bertz CT molecular complexity index is 1400. The third-order valence-corrected chi connectivity index (χ3v) is 4.99. The minimum absolute atomic E-state index is 0.268. The molecule has 0 radical (unpaired) electrons. The van der Waals surface area contributed by atoms with E-state index < -0.39 is 0 Å². The Morgan fingerprint density at radius 2 is 1.03 bits per heavy atom. The standard InChI is InChI=1S/C28H20N2O4/c1-19-6-3-9-26(24(19)17-29)32-20-12-14-21(15-13-20)33-27-10-5-11-28(25(27)18-30)34-23-8-4-7-22(16-23)31-2/h3-16H,1-2H3. The van der Waals surface area contributed by atoms with Gasteiger partial charge in [0, 0.05) is 6.07 Å². The van der Waals surface area contributed by atoms with Crippen LogP contribution in [0.3, 0.4) is 0 Å². The minimum atomic E-state index is 0.268. The first-order chi connectivity index (χ1) is 16.6. The molecule has 0 unspecified atom stereocenters. The van der Waals surface area contributed by atoms with Gasteiger partial charge in [-0.15, -0.1) is 0 Å². The second kappa shape index (κ2) is 10.1. The predicted molar refractivity (Wildman–Crippen MR) is 127 cm³/mol. The molecule has 6 nitrogen and oxygen atoms in total. The fourth-order valence-electron chi connectivity index (χ4n) is 3.28. The Hall–Kier alpha value is -4.94. The van der Waals surface area contributed by atoms with Crippen LogP contribution >= 0.6 is 0 Å². The Morgan fingerprint density at radius 3 is 1.59 bits per heavy atom. The van der Waals surface area contributed by atoms with Gasteiger partial charge in [-0.1, -0.05) is 24.3 Å². The monoisotopic (exact) mass is 448 g/mol. The summed E-state index contributed by atoms with van der Waals surface area (Å²) in [5.41, 5.74) is 1.61. The van der Waals surface area contributed by atoms with Crippen LogP contribution in [0.2, 0.25) is 0 Å². The number of methoxy groups -OCH3 is 1.